The van der Waals surface area contributed by atoms with Crippen LogP contribution >= 0.6 is 0 Å². The van der Waals surface area contributed by atoms with Crippen LogP contribution < -0.4 is 10.0 Å². The largest absolute Gasteiger partial charge is 0.331 e. The molecule has 1 atom stereocenters. The highest BCUT2D eigenvalue weighted by molar-refractivity contribution is 7.89. The van der Waals surface area contributed by atoms with E-state index < -0.39 is 15.3 Å². The van der Waals surface area contributed by atoms with E-state index in [4.69, 9.17) is 5.14 Å². The summed E-state index contributed by atoms with van der Waals surface area (Å²) in [6.45, 7) is 2.74. The lowest BCUT2D eigenvalue weighted by atomic mass is 10.2. The first-order valence-electron chi connectivity index (χ1n) is 7.23. The third-order valence-electron chi connectivity index (χ3n) is 4.08. The van der Waals surface area contributed by atoms with Gasteiger partial charge in [0.05, 0.1) is 0 Å². The molecule has 1 amide bonds. The number of primary sulfonamides is 1. The molecular formula is C15H18N4O3S. The minimum absolute atomic E-state index is 0.0607. The Bertz CT molecular complexity index is 827. The maximum Gasteiger partial charge on any atom is 0.228 e. The van der Waals surface area contributed by atoms with Crippen LogP contribution in [-0.4, -0.2) is 35.7 Å². The van der Waals surface area contributed by atoms with E-state index >= 15 is 0 Å². The first kappa shape index (κ1) is 15.7. The molecular weight excluding hydrogens is 316 g/mol. The Labute approximate surface area is 134 Å². The number of nitrogens with two attached hydrogens (primary N) is 1. The predicted molar refractivity (Wildman–Crippen MR) is 86.4 cm³/mol. The molecule has 1 aliphatic rings. The van der Waals surface area contributed by atoms with Crippen molar-refractivity contribution in [2.75, 3.05) is 11.4 Å². The molecule has 122 valence electrons. The Kier molecular flexibility index (Phi) is 3.95. The summed E-state index contributed by atoms with van der Waals surface area (Å²) in [6.07, 6.45) is 3.60. The second kappa shape index (κ2) is 5.78. The second-order valence-corrected chi connectivity index (χ2v) is 7.53. The van der Waals surface area contributed by atoms with Gasteiger partial charge in [0, 0.05) is 37.6 Å². The van der Waals surface area contributed by atoms with Crippen molar-refractivity contribution in [3.05, 3.63) is 48.0 Å². The SMILES string of the molecule is Cc1nccn1Cc1ccc(N2CC(S(N)(=O)=O)CC2=O)cc1. The third-order valence-corrected chi connectivity index (χ3v) is 5.32. The summed E-state index contributed by atoms with van der Waals surface area (Å²) in [5.74, 6) is 0.710. The summed E-state index contributed by atoms with van der Waals surface area (Å²) >= 11 is 0. The summed E-state index contributed by atoms with van der Waals surface area (Å²) in [4.78, 5) is 17.7. The predicted octanol–water partition coefficient (Wildman–Crippen LogP) is 0.634. The third kappa shape index (κ3) is 3.27. The molecule has 0 aliphatic carbocycles. The molecule has 1 aliphatic heterocycles. The van der Waals surface area contributed by atoms with Gasteiger partial charge in [-0.3, -0.25) is 4.79 Å². The van der Waals surface area contributed by atoms with Gasteiger partial charge in [-0.2, -0.15) is 0 Å². The Hall–Kier alpha value is -2.19. The minimum atomic E-state index is -3.70. The molecule has 2 N–H and O–H groups in total. The Morgan fingerprint density at radius 3 is 2.52 bits per heavy atom. The number of nitrogens with zero attached hydrogens (tertiary/aromatic N) is 3. The van der Waals surface area contributed by atoms with Gasteiger partial charge >= 0.3 is 0 Å². The fraction of sp³-hybridized carbons (Fsp3) is 0.333. The van der Waals surface area contributed by atoms with Crippen LogP contribution in [0, 0.1) is 6.92 Å². The number of hydrogen-bond acceptors (Lipinski definition) is 4. The molecule has 1 aromatic heterocycles. The van der Waals surface area contributed by atoms with Crippen molar-refractivity contribution in [2.24, 2.45) is 5.14 Å². The summed E-state index contributed by atoms with van der Waals surface area (Å²) in [6, 6.07) is 7.49. The highest BCUT2D eigenvalue weighted by atomic mass is 32.2. The number of imidazole rings is 1. The van der Waals surface area contributed by atoms with Gasteiger partial charge in [0.1, 0.15) is 11.1 Å². The van der Waals surface area contributed by atoms with Crippen molar-refractivity contribution in [1.29, 1.82) is 0 Å². The molecule has 1 saturated heterocycles. The zero-order valence-corrected chi connectivity index (χ0v) is 13.5. The minimum Gasteiger partial charge on any atom is -0.331 e. The fourth-order valence-corrected chi connectivity index (χ4v) is 3.42. The van der Waals surface area contributed by atoms with E-state index in [0.717, 1.165) is 11.4 Å². The second-order valence-electron chi connectivity index (χ2n) is 5.69. The van der Waals surface area contributed by atoms with Gasteiger partial charge in [-0.25, -0.2) is 18.5 Å². The van der Waals surface area contributed by atoms with Crippen molar-refractivity contribution in [3.63, 3.8) is 0 Å². The van der Waals surface area contributed by atoms with E-state index in [1.54, 1.807) is 6.20 Å². The number of carbonyl (C=O) groups is 1. The average Bonchev–Trinajstić information content (AvgIpc) is 3.06. The van der Waals surface area contributed by atoms with E-state index in [0.29, 0.717) is 12.2 Å². The Balaban J connectivity index is 1.75. The first-order chi connectivity index (χ1) is 10.8. The van der Waals surface area contributed by atoms with E-state index in [2.05, 4.69) is 4.98 Å². The van der Waals surface area contributed by atoms with Crippen LogP contribution in [0.25, 0.3) is 0 Å². The smallest absolute Gasteiger partial charge is 0.228 e. The molecule has 0 saturated carbocycles. The van der Waals surface area contributed by atoms with Crippen molar-refractivity contribution in [2.45, 2.75) is 25.1 Å². The van der Waals surface area contributed by atoms with Crippen LogP contribution in [0.3, 0.4) is 0 Å². The number of sulfonamides is 1. The first-order valence-corrected chi connectivity index (χ1v) is 8.84. The molecule has 7 nitrogen and oxygen atoms in total. The summed E-state index contributed by atoms with van der Waals surface area (Å²) < 4.78 is 24.8. The van der Waals surface area contributed by atoms with E-state index in [9.17, 15) is 13.2 Å². The van der Waals surface area contributed by atoms with Crippen LogP contribution in [0.1, 0.15) is 17.8 Å². The number of benzene rings is 1. The number of amides is 1. The lowest BCUT2D eigenvalue weighted by Gasteiger charge is -2.17. The summed E-state index contributed by atoms with van der Waals surface area (Å²) in [7, 11) is -3.70. The van der Waals surface area contributed by atoms with Gasteiger partial charge in [-0.05, 0) is 24.6 Å². The average molecular weight is 334 g/mol. The van der Waals surface area contributed by atoms with Crippen LogP contribution in [-0.2, 0) is 21.4 Å². The molecule has 23 heavy (non-hydrogen) atoms. The summed E-state index contributed by atoms with van der Waals surface area (Å²) in [5.41, 5.74) is 1.76. The van der Waals surface area contributed by atoms with Crippen LogP contribution in [0.15, 0.2) is 36.7 Å². The molecule has 1 fully saturated rings. The zero-order valence-electron chi connectivity index (χ0n) is 12.7. The van der Waals surface area contributed by atoms with Crippen LogP contribution in [0.5, 0.6) is 0 Å². The Morgan fingerprint density at radius 2 is 2.00 bits per heavy atom. The van der Waals surface area contributed by atoms with Crippen molar-refractivity contribution < 1.29 is 13.2 Å². The van der Waals surface area contributed by atoms with Gasteiger partial charge in [0.25, 0.3) is 0 Å². The lowest BCUT2D eigenvalue weighted by Crippen LogP contribution is -2.32. The maximum atomic E-state index is 12.0. The zero-order chi connectivity index (χ0) is 16.6. The summed E-state index contributed by atoms with van der Waals surface area (Å²) in [5, 5.41) is 4.31. The normalized spacial score (nSPS) is 18.6. The van der Waals surface area contributed by atoms with Crippen molar-refractivity contribution in [3.8, 4) is 0 Å². The maximum absolute atomic E-state index is 12.0. The van der Waals surface area contributed by atoms with Crippen LogP contribution in [0.4, 0.5) is 5.69 Å². The number of aromatic nitrogens is 2. The molecule has 1 aromatic carbocycles. The molecule has 2 aromatic rings. The van der Waals surface area contributed by atoms with Gasteiger partial charge in [-0.15, -0.1) is 0 Å². The van der Waals surface area contributed by atoms with Gasteiger partial charge in [-0.1, -0.05) is 12.1 Å². The van der Waals surface area contributed by atoms with E-state index in [1.807, 2.05) is 42.0 Å². The molecule has 0 spiro atoms. The molecule has 0 radical (unpaired) electrons. The molecule has 8 heteroatoms. The van der Waals surface area contributed by atoms with E-state index in [-0.39, 0.29) is 18.9 Å². The number of carbonyl (C=O) groups excluding carboxylic acids is 1. The number of rotatable bonds is 4. The topological polar surface area (TPSA) is 98.3 Å². The van der Waals surface area contributed by atoms with Gasteiger partial charge in [0.2, 0.25) is 15.9 Å². The molecule has 3 rings (SSSR count). The quantitative estimate of drug-likeness (QED) is 0.887. The van der Waals surface area contributed by atoms with Gasteiger partial charge < -0.3 is 9.47 Å². The van der Waals surface area contributed by atoms with Crippen LogP contribution in [0.2, 0.25) is 0 Å². The highest BCUT2D eigenvalue weighted by Crippen LogP contribution is 2.24. The number of anilines is 1. The standard InChI is InChI=1S/C15H18N4O3S/c1-11-17-6-7-18(11)9-12-2-4-13(5-3-12)19-10-14(8-15(19)20)23(16,21)22/h2-7,14H,8-10H2,1H3,(H2,16,21,22). The van der Waals surface area contributed by atoms with E-state index in [1.165, 1.54) is 4.90 Å². The molecule has 2 heterocycles. The van der Waals surface area contributed by atoms with Crippen molar-refractivity contribution >= 4 is 21.6 Å². The lowest BCUT2D eigenvalue weighted by molar-refractivity contribution is -0.117. The highest BCUT2D eigenvalue weighted by Gasteiger charge is 2.37. The Morgan fingerprint density at radius 1 is 1.30 bits per heavy atom. The number of hydrogen-bond donors (Lipinski definition) is 1. The number of aryl methyl sites for hydroxylation is 1. The van der Waals surface area contributed by atoms with Gasteiger partial charge in [0.15, 0.2) is 0 Å². The fourth-order valence-electron chi connectivity index (χ4n) is 2.69. The van der Waals surface area contributed by atoms with Crippen molar-refractivity contribution in [1.82, 2.24) is 9.55 Å². The molecule has 0 bridgehead atoms. The monoisotopic (exact) mass is 334 g/mol. The molecule has 1 unspecified atom stereocenters.